The molecule has 0 spiro atoms. The van der Waals surface area contributed by atoms with Crippen LogP contribution in [0, 0.1) is 0 Å². The van der Waals surface area contributed by atoms with E-state index in [2.05, 4.69) is 15.0 Å². The molecule has 0 bridgehead atoms. The molecule has 128 valence electrons. The number of hydrogen-bond acceptors (Lipinski definition) is 5. The minimum atomic E-state index is -0.746. The van der Waals surface area contributed by atoms with Crippen LogP contribution in [0.5, 0.6) is 5.75 Å². The van der Waals surface area contributed by atoms with Gasteiger partial charge in [-0.05, 0) is 24.3 Å². The summed E-state index contributed by atoms with van der Waals surface area (Å²) in [6, 6.07) is 13.9. The van der Waals surface area contributed by atoms with Crippen LogP contribution >= 0.6 is 11.6 Å². The molecule has 0 fully saturated rings. The highest BCUT2D eigenvalue weighted by atomic mass is 35.5. The molecule has 0 saturated carbocycles. The van der Waals surface area contributed by atoms with Crippen LogP contribution in [0.2, 0.25) is 5.02 Å². The summed E-state index contributed by atoms with van der Waals surface area (Å²) in [4.78, 5) is 28.4. The fourth-order valence-corrected chi connectivity index (χ4v) is 2.48. The summed E-state index contributed by atoms with van der Waals surface area (Å²) in [5.74, 6) is 0.150. The smallest absolute Gasteiger partial charge is 0.413 e. The van der Waals surface area contributed by atoms with Gasteiger partial charge in [0.15, 0.2) is 6.61 Å². The predicted molar refractivity (Wildman–Crippen MR) is 93.3 cm³/mol. The Labute approximate surface area is 148 Å². The first-order valence-electron chi connectivity index (χ1n) is 7.33. The van der Waals surface area contributed by atoms with Crippen molar-refractivity contribution in [1.29, 1.82) is 0 Å². The number of methoxy groups -OCH3 is 1. The van der Waals surface area contributed by atoms with Crippen LogP contribution in [0.4, 0.5) is 10.7 Å². The van der Waals surface area contributed by atoms with Crippen molar-refractivity contribution < 1.29 is 19.1 Å². The lowest BCUT2D eigenvalue weighted by Crippen LogP contribution is -2.23. The van der Waals surface area contributed by atoms with Crippen molar-refractivity contribution in [3.05, 3.63) is 53.6 Å². The number of imidazole rings is 1. The fourth-order valence-electron chi connectivity index (χ4n) is 2.27. The summed E-state index contributed by atoms with van der Waals surface area (Å²) in [6.07, 6.45) is -0.746. The number of hydrogen-bond donors (Lipinski definition) is 1. The van der Waals surface area contributed by atoms with E-state index in [4.69, 9.17) is 16.3 Å². The Bertz CT molecular complexity index is 924. The lowest BCUT2D eigenvalue weighted by molar-refractivity contribution is 0.0845. The van der Waals surface area contributed by atoms with Crippen molar-refractivity contribution in [3.8, 4) is 5.75 Å². The predicted octanol–water partition coefficient (Wildman–Crippen LogP) is 3.59. The Morgan fingerprint density at radius 2 is 1.92 bits per heavy atom. The molecule has 0 aliphatic carbocycles. The molecule has 0 atom stereocenters. The number of nitrogens with zero attached hydrogens (tertiary/aromatic N) is 2. The van der Waals surface area contributed by atoms with Crippen molar-refractivity contribution in [1.82, 2.24) is 9.55 Å². The van der Waals surface area contributed by atoms with Gasteiger partial charge in [-0.1, -0.05) is 35.9 Å². The maximum absolute atomic E-state index is 12.7. The summed E-state index contributed by atoms with van der Waals surface area (Å²) < 4.78 is 11.3. The highest BCUT2D eigenvalue weighted by Gasteiger charge is 2.20. The number of ether oxygens (including phenoxy) is 2. The Kier molecular flexibility index (Phi) is 4.85. The first-order valence-corrected chi connectivity index (χ1v) is 7.71. The van der Waals surface area contributed by atoms with Crippen LogP contribution < -0.4 is 10.1 Å². The summed E-state index contributed by atoms with van der Waals surface area (Å²) in [6.45, 7) is -0.238. The third-order valence-electron chi connectivity index (χ3n) is 3.39. The van der Waals surface area contributed by atoms with Crippen molar-refractivity contribution >= 4 is 40.6 Å². The van der Waals surface area contributed by atoms with Crippen molar-refractivity contribution in [2.24, 2.45) is 0 Å². The molecule has 1 N–H and O–H groups in total. The van der Waals surface area contributed by atoms with E-state index in [0.717, 1.165) is 0 Å². The van der Waals surface area contributed by atoms with Gasteiger partial charge in [-0.2, -0.15) is 0 Å². The molecule has 3 rings (SSSR count). The number of rotatable bonds is 4. The molecule has 2 aromatic carbocycles. The molecular weight excluding hydrogens is 346 g/mol. The van der Waals surface area contributed by atoms with Gasteiger partial charge in [0.2, 0.25) is 5.95 Å². The maximum atomic E-state index is 12.7. The standard InChI is InChI=1S/C17H14ClN3O4/c1-24-17(23)20-16-19-15-12(18)8-5-9-13(15)21(16)14(22)10-25-11-6-3-2-4-7-11/h2-9H,10H2,1H3,(H,19,20,23). The zero-order chi connectivity index (χ0) is 17.8. The number of nitrogens with one attached hydrogen (secondary N) is 1. The number of carbonyl (C=O) groups excluding carboxylic acids is 2. The first-order chi connectivity index (χ1) is 12.1. The lowest BCUT2D eigenvalue weighted by Gasteiger charge is -2.09. The molecule has 3 aromatic rings. The van der Waals surface area contributed by atoms with Gasteiger partial charge in [0.05, 0.1) is 17.6 Å². The second-order valence-corrected chi connectivity index (χ2v) is 5.40. The highest BCUT2D eigenvalue weighted by molar-refractivity contribution is 6.35. The zero-order valence-corrected chi connectivity index (χ0v) is 14.0. The monoisotopic (exact) mass is 359 g/mol. The molecule has 0 saturated heterocycles. The van der Waals surface area contributed by atoms with Gasteiger partial charge >= 0.3 is 6.09 Å². The Balaban J connectivity index is 1.94. The number of halogens is 1. The van der Waals surface area contributed by atoms with Crippen LogP contribution in [0.25, 0.3) is 11.0 Å². The third-order valence-corrected chi connectivity index (χ3v) is 3.70. The number of para-hydroxylation sites is 2. The van der Waals surface area contributed by atoms with E-state index < -0.39 is 12.0 Å². The van der Waals surface area contributed by atoms with Gasteiger partial charge in [0, 0.05) is 0 Å². The largest absolute Gasteiger partial charge is 0.484 e. The summed E-state index contributed by atoms with van der Waals surface area (Å²) >= 11 is 6.13. The number of fused-ring (bicyclic) bond motifs is 1. The SMILES string of the molecule is COC(=O)Nc1nc2c(Cl)cccc2n1C(=O)COc1ccccc1. The van der Waals surface area contributed by atoms with Crippen molar-refractivity contribution in [3.63, 3.8) is 0 Å². The summed E-state index contributed by atoms with van der Waals surface area (Å²) in [7, 11) is 1.22. The van der Waals surface area contributed by atoms with Gasteiger partial charge in [0.25, 0.3) is 5.91 Å². The molecule has 0 radical (unpaired) electrons. The Morgan fingerprint density at radius 1 is 1.16 bits per heavy atom. The third kappa shape index (κ3) is 3.56. The molecule has 7 nitrogen and oxygen atoms in total. The van der Waals surface area contributed by atoms with E-state index in [1.54, 1.807) is 42.5 Å². The van der Waals surface area contributed by atoms with Crippen LogP contribution in [-0.4, -0.2) is 35.3 Å². The van der Waals surface area contributed by atoms with E-state index in [-0.39, 0.29) is 12.6 Å². The van der Waals surface area contributed by atoms with Crippen LogP contribution in [0.3, 0.4) is 0 Å². The average molecular weight is 360 g/mol. The molecule has 1 amide bonds. The molecule has 0 aliphatic rings. The van der Waals surface area contributed by atoms with Gasteiger partial charge in [-0.25, -0.2) is 14.3 Å². The van der Waals surface area contributed by atoms with Crippen LogP contribution in [-0.2, 0) is 4.74 Å². The number of aromatic nitrogens is 2. The average Bonchev–Trinajstić information content (AvgIpc) is 3.00. The number of benzene rings is 2. The summed E-state index contributed by atoms with van der Waals surface area (Å²) in [5, 5.41) is 2.77. The van der Waals surface area contributed by atoms with E-state index in [9.17, 15) is 9.59 Å². The molecule has 0 aliphatic heterocycles. The maximum Gasteiger partial charge on any atom is 0.413 e. The van der Waals surface area contributed by atoms with Gasteiger partial charge in [-0.3, -0.25) is 10.1 Å². The van der Waals surface area contributed by atoms with Crippen LogP contribution in [0.15, 0.2) is 48.5 Å². The Hall–Kier alpha value is -3.06. The highest BCUT2D eigenvalue weighted by Crippen LogP contribution is 2.26. The van der Waals surface area contributed by atoms with E-state index in [1.165, 1.54) is 11.7 Å². The molecule has 25 heavy (non-hydrogen) atoms. The number of amides is 1. The van der Waals surface area contributed by atoms with Gasteiger partial charge in [0.1, 0.15) is 11.3 Å². The molecular formula is C17H14ClN3O4. The van der Waals surface area contributed by atoms with Gasteiger partial charge < -0.3 is 9.47 Å². The second-order valence-electron chi connectivity index (χ2n) is 4.99. The lowest BCUT2D eigenvalue weighted by atomic mass is 10.3. The number of anilines is 1. The molecule has 8 heteroatoms. The zero-order valence-electron chi connectivity index (χ0n) is 13.2. The quantitative estimate of drug-likeness (QED) is 0.769. The second kappa shape index (κ2) is 7.23. The minimum absolute atomic E-state index is 0.0108. The van der Waals surface area contributed by atoms with E-state index >= 15 is 0 Å². The number of carbonyl (C=O) groups is 2. The topological polar surface area (TPSA) is 82.5 Å². The molecule has 1 aromatic heterocycles. The molecule has 0 unspecified atom stereocenters. The van der Waals surface area contributed by atoms with Gasteiger partial charge in [-0.15, -0.1) is 0 Å². The van der Waals surface area contributed by atoms with E-state index in [1.807, 2.05) is 6.07 Å². The first kappa shape index (κ1) is 16.8. The minimum Gasteiger partial charge on any atom is -0.484 e. The van der Waals surface area contributed by atoms with Crippen LogP contribution in [0.1, 0.15) is 4.79 Å². The van der Waals surface area contributed by atoms with Crippen molar-refractivity contribution in [2.75, 3.05) is 19.0 Å². The Morgan fingerprint density at radius 3 is 2.64 bits per heavy atom. The summed E-state index contributed by atoms with van der Waals surface area (Å²) in [5.41, 5.74) is 0.851. The fraction of sp³-hybridized carbons (Fsp3) is 0.118. The normalized spacial score (nSPS) is 10.5. The molecule has 1 heterocycles. The van der Waals surface area contributed by atoms with E-state index in [0.29, 0.717) is 21.8 Å². The van der Waals surface area contributed by atoms with Crippen molar-refractivity contribution in [2.45, 2.75) is 0 Å².